The van der Waals surface area contributed by atoms with Crippen molar-refractivity contribution in [2.24, 2.45) is 0 Å². The summed E-state index contributed by atoms with van der Waals surface area (Å²) in [6.07, 6.45) is 1.61. The summed E-state index contributed by atoms with van der Waals surface area (Å²) in [5.41, 5.74) is 0.113. The van der Waals surface area contributed by atoms with Crippen LogP contribution in [0.2, 0.25) is 5.15 Å². The maximum absolute atomic E-state index is 11.4. The molecular weight excluding hydrogens is 216 g/mol. The Kier molecular flexibility index (Phi) is 3.39. The van der Waals surface area contributed by atoms with E-state index in [1.165, 1.54) is 0 Å². The quantitative estimate of drug-likeness (QED) is 0.734. The van der Waals surface area contributed by atoms with Gasteiger partial charge in [0.1, 0.15) is 5.56 Å². The molecule has 0 spiro atoms. The zero-order chi connectivity index (χ0) is 11.6. The molecule has 0 amide bonds. The number of hydrogen-bond donors (Lipinski definition) is 0. The van der Waals surface area contributed by atoms with E-state index in [4.69, 9.17) is 16.3 Å². The molecule has 0 aliphatic carbocycles. The molecule has 0 radical (unpaired) electrons. The second kappa shape index (κ2) is 4.23. The maximum atomic E-state index is 11.4. The second-order valence-electron chi connectivity index (χ2n) is 4.17. The van der Waals surface area contributed by atoms with Gasteiger partial charge >= 0.3 is 5.97 Å². The highest BCUT2D eigenvalue weighted by Gasteiger charge is 2.21. The number of carbonyl (C=O) groups is 1. The molecule has 15 heavy (non-hydrogen) atoms. The first-order valence-electron chi connectivity index (χ1n) is 4.79. The lowest BCUT2D eigenvalue weighted by atomic mass is 10.1. The molecule has 0 aliphatic rings. The number of aromatic nitrogens is 2. The molecule has 0 aromatic carbocycles. The van der Waals surface area contributed by atoms with Crippen molar-refractivity contribution in [1.82, 2.24) is 9.78 Å². The summed E-state index contributed by atoms with van der Waals surface area (Å²) < 4.78 is 6.51. The summed E-state index contributed by atoms with van der Waals surface area (Å²) in [6.45, 7) is 8.01. The van der Waals surface area contributed by atoms with Gasteiger partial charge in [0, 0.05) is 6.20 Å². The number of nitrogens with zero attached hydrogens (tertiary/aromatic N) is 2. The fourth-order valence-corrected chi connectivity index (χ4v) is 1.25. The summed E-state index contributed by atoms with van der Waals surface area (Å²) in [4.78, 5) is 11.4. The average Bonchev–Trinajstić information content (AvgIpc) is 2.47. The third-order valence-electron chi connectivity index (χ3n) is 1.85. The van der Waals surface area contributed by atoms with Crippen LogP contribution in [-0.2, 0) is 10.3 Å². The van der Waals surface area contributed by atoms with Crippen LogP contribution in [0.3, 0.4) is 0 Å². The van der Waals surface area contributed by atoms with Crippen molar-refractivity contribution >= 4 is 17.6 Å². The van der Waals surface area contributed by atoms with Crippen molar-refractivity contribution in [2.75, 3.05) is 6.61 Å². The average molecular weight is 231 g/mol. The number of esters is 1. The lowest BCUT2D eigenvalue weighted by Crippen LogP contribution is -2.22. The Bertz CT molecular complexity index is 366. The predicted octanol–water partition coefficient (Wildman–Crippen LogP) is 2.47. The molecule has 0 aliphatic heterocycles. The molecule has 0 saturated carbocycles. The maximum Gasteiger partial charge on any atom is 0.342 e. The van der Waals surface area contributed by atoms with E-state index < -0.39 is 5.97 Å². The Morgan fingerprint density at radius 3 is 2.60 bits per heavy atom. The Morgan fingerprint density at radius 2 is 2.20 bits per heavy atom. The van der Waals surface area contributed by atoms with Crippen molar-refractivity contribution < 1.29 is 9.53 Å². The van der Waals surface area contributed by atoms with Crippen LogP contribution in [0.4, 0.5) is 0 Å². The minimum absolute atomic E-state index is 0.184. The molecule has 0 fully saturated rings. The third-order valence-corrected chi connectivity index (χ3v) is 2.13. The zero-order valence-corrected chi connectivity index (χ0v) is 10.1. The van der Waals surface area contributed by atoms with Crippen LogP contribution in [-0.4, -0.2) is 22.4 Å². The van der Waals surface area contributed by atoms with Crippen LogP contribution < -0.4 is 0 Å². The monoisotopic (exact) mass is 230 g/mol. The Labute approximate surface area is 94.2 Å². The van der Waals surface area contributed by atoms with E-state index >= 15 is 0 Å². The molecule has 0 bridgehead atoms. The van der Waals surface area contributed by atoms with Crippen molar-refractivity contribution in [2.45, 2.75) is 33.2 Å². The van der Waals surface area contributed by atoms with E-state index in [9.17, 15) is 4.79 Å². The van der Waals surface area contributed by atoms with Crippen LogP contribution in [0.15, 0.2) is 6.20 Å². The Morgan fingerprint density at radius 1 is 1.60 bits per heavy atom. The van der Waals surface area contributed by atoms with Gasteiger partial charge in [-0.2, -0.15) is 5.10 Å². The highest BCUT2D eigenvalue weighted by atomic mass is 35.5. The summed E-state index contributed by atoms with van der Waals surface area (Å²) in [5, 5.41) is 4.25. The van der Waals surface area contributed by atoms with E-state index in [-0.39, 0.29) is 10.7 Å². The molecule has 5 heteroatoms. The largest absolute Gasteiger partial charge is 0.462 e. The molecule has 0 unspecified atom stereocenters. The van der Waals surface area contributed by atoms with E-state index in [0.717, 1.165) is 0 Å². The SMILES string of the molecule is CCOC(=O)c1cn(C(C)(C)C)nc1Cl. The first-order chi connectivity index (χ1) is 6.86. The highest BCUT2D eigenvalue weighted by molar-refractivity contribution is 6.32. The standard InChI is InChI=1S/C10H15ClN2O2/c1-5-15-9(14)7-6-13(10(2,3)4)12-8(7)11/h6H,5H2,1-4H3. The lowest BCUT2D eigenvalue weighted by molar-refractivity contribution is 0.0526. The van der Waals surface area contributed by atoms with Gasteiger partial charge < -0.3 is 4.74 Å². The molecule has 1 aromatic heterocycles. The summed E-state index contributed by atoms with van der Waals surface area (Å²) in [5.74, 6) is -0.432. The van der Waals surface area contributed by atoms with Crippen LogP contribution in [0, 0.1) is 0 Å². The normalized spacial score (nSPS) is 11.5. The van der Waals surface area contributed by atoms with Gasteiger partial charge in [0.15, 0.2) is 5.15 Å². The lowest BCUT2D eigenvalue weighted by Gasteiger charge is -2.18. The minimum atomic E-state index is -0.432. The van der Waals surface area contributed by atoms with Gasteiger partial charge in [0.2, 0.25) is 0 Å². The zero-order valence-electron chi connectivity index (χ0n) is 9.37. The molecule has 1 rings (SSSR count). The van der Waals surface area contributed by atoms with Crippen molar-refractivity contribution in [3.05, 3.63) is 16.9 Å². The number of hydrogen-bond acceptors (Lipinski definition) is 3. The molecule has 1 aromatic rings. The first kappa shape index (κ1) is 12.0. The minimum Gasteiger partial charge on any atom is -0.462 e. The van der Waals surface area contributed by atoms with Crippen LogP contribution in [0.5, 0.6) is 0 Å². The molecule has 4 nitrogen and oxygen atoms in total. The van der Waals surface area contributed by atoms with E-state index in [1.54, 1.807) is 17.8 Å². The number of carbonyl (C=O) groups excluding carboxylic acids is 1. The first-order valence-corrected chi connectivity index (χ1v) is 5.17. The topological polar surface area (TPSA) is 44.1 Å². The van der Waals surface area contributed by atoms with Gasteiger partial charge in [0.25, 0.3) is 0 Å². The van der Waals surface area contributed by atoms with Crippen molar-refractivity contribution in [3.63, 3.8) is 0 Å². The summed E-state index contributed by atoms with van der Waals surface area (Å²) in [7, 11) is 0. The molecule has 84 valence electrons. The third kappa shape index (κ3) is 2.72. The van der Waals surface area contributed by atoms with E-state index in [1.807, 2.05) is 20.8 Å². The fourth-order valence-electron chi connectivity index (χ4n) is 1.04. The summed E-state index contributed by atoms with van der Waals surface area (Å²) in [6, 6.07) is 0. The van der Waals surface area contributed by atoms with Crippen LogP contribution in [0.1, 0.15) is 38.1 Å². The van der Waals surface area contributed by atoms with Crippen LogP contribution in [0.25, 0.3) is 0 Å². The second-order valence-corrected chi connectivity index (χ2v) is 4.53. The molecular formula is C10H15ClN2O2. The number of ether oxygens (including phenoxy) is 1. The van der Waals surface area contributed by atoms with E-state index in [0.29, 0.717) is 12.2 Å². The van der Waals surface area contributed by atoms with E-state index in [2.05, 4.69) is 5.10 Å². The predicted molar refractivity (Wildman–Crippen MR) is 58.2 cm³/mol. The van der Waals surface area contributed by atoms with Crippen molar-refractivity contribution in [3.8, 4) is 0 Å². The molecule has 0 atom stereocenters. The Balaban J connectivity index is 3.02. The summed E-state index contributed by atoms with van der Waals surface area (Å²) >= 11 is 5.85. The highest BCUT2D eigenvalue weighted by Crippen LogP contribution is 2.20. The molecule has 0 N–H and O–H groups in total. The fraction of sp³-hybridized carbons (Fsp3) is 0.600. The van der Waals surface area contributed by atoms with Gasteiger partial charge in [0.05, 0.1) is 12.1 Å². The van der Waals surface area contributed by atoms with Crippen LogP contribution >= 0.6 is 11.6 Å². The van der Waals surface area contributed by atoms with Gasteiger partial charge in [-0.15, -0.1) is 0 Å². The van der Waals surface area contributed by atoms with Gasteiger partial charge in [-0.05, 0) is 27.7 Å². The van der Waals surface area contributed by atoms with Gasteiger partial charge in [-0.1, -0.05) is 11.6 Å². The molecule has 0 saturated heterocycles. The Hall–Kier alpha value is -1.03. The smallest absolute Gasteiger partial charge is 0.342 e. The number of halogens is 1. The van der Waals surface area contributed by atoms with Crippen molar-refractivity contribution in [1.29, 1.82) is 0 Å². The van der Waals surface area contributed by atoms with Gasteiger partial charge in [-0.3, -0.25) is 4.68 Å². The van der Waals surface area contributed by atoms with Gasteiger partial charge in [-0.25, -0.2) is 4.79 Å². The number of rotatable bonds is 2. The molecule has 1 heterocycles.